The summed E-state index contributed by atoms with van der Waals surface area (Å²) in [4.78, 5) is 23.6. The number of benzene rings is 1. The molecule has 0 atom stereocenters. The molecule has 0 unspecified atom stereocenters. The lowest BCUT2D eigenvalue weighted by molar-refractivity contribution is 0.0720. The van der Waals surface area contributed by atoms with Gasteiger partial charge in [0.1, 0.15) is 5.58 Å². The zero-order valence-electron chi connectivity index (χ0n) is 15.4. The van der Waals surface area contributed by atoms with Crippen molar-refractivity contribution in [3.63, 3.8) is 0 Å². The standard InChI is InChI=1S/C21H20N4O2S/c22-9-3-12-25(13-15-7-8-15)20(26)19-17(14-28-21-23-10-4-11-24-21)16-5-1-2-6-18(16)27-19/h1-2,4-6,10-11,15H,3,7-8,12-14H2. The summed E-state index contributed by atoms with van der Waals surface area (Å²) in [7, 11) is 0. The molecule has 1 aliphatic carbocycles. The van der Waals surface area contributed by atoms with E-state index >= 15 is 0 Å². The third kappa shape index (κ3) is 4.18. The number of thioether (sulfide) groups is 1. The topological polar surface area (TPSA) is 83.0 Å². The number of para-hydroxylation sites is 1. The van der Waals surface area contributed by atoms with E-state index in [0.717, 1.165) is 23.8 Å². The van der Waals surface area contributed by atoms with Crippen LogP contribution in [0.1, 0.15) is 35.4 Å². The summed E-state index contributed by atoms with van der Waals surface area (Å²) in [6, 6.07) is 11.6. The quantitative estimate of drug-likeness (QED) is 0.420. The molecule has 7 heteroatoms. The number of fused-ring (bicyclic) bond motifs is 1. The van der Waals surface area contributed by atoms with E-state index in [2.05, 4.69) is 16.0 Å². The van der Waals surface area contributed by atoms with Gasteiger partial charge in [-0.2, -0.15) is 5.26 Å². The van der Waals surface area contributed by atoms with Gasteiger partial charge in [0.15, 0.2) is 10.9 Å². The van der Waals surface area contributed by atoms with Crippen molar-refractivity contribution in [1.29, 1.82) is 5.26 Å². The maximum Gasteiger partial charge on any atom is 0.289 e. The van der Waals surface area contributed by atoms with Gasteiger partial charge in [0.25, 0.3) is 5.91 Å². The van der Waals surface area contributed by atoms with Gasteiger partial charge in [-0.3, -0.25) is 4.79 Å². The minimum absolute atomic E-state index is 0.136. The SMILES string of the molecule is N#CCCN(CC1CC1)C(=O)c1oc2ccccc2c1CSc1ncccn1. The minimum atomic E-state index is -0.136. The molecule has 1 fully saturated rings. The van der Waals surface area contributed by atoms with Gasteiger partial charge in [0, 0.05) is 42.2 Å². The monoisotopic (exact) mass is 392 g/mol. The third-order valence-corrected chi connectivity index (χ3v) is 5.64. The second-order valence-electron chi connectivity index (χ2n) is 6.83. The number of carbonyl (C=O) groups is 1. The van der Waals surface area contributed by atoms with Crippen LogP contribution in [0.4, 0.5) is 0 Å². The molecule has 1 aliphatic rings. The van der Waals surface area contributed by atoms with Crippen molar-refractivity contribution in [3.05, 3.63) is 54.0 Å². The highest BCUT2D eigenvalue weighted by atomic mass is 32.2. The average molecular weight is 392 g/mol. The molecule has 0 N–H and O–H groups in total. The van der Waals surface area contributed by atoms with Gasteiger partial charge in [-0.15, -0.1) is 0 Å². The zero-order valence-corrected chi connectivity index (χ0v) is 16.2. The Morgan fingerprint density at radius 2 is 2.04 bits per heavy atom. The summed E-state index contributed by atoms with van der Waals surface area (Å²) in [6.07, 6.45) is 6.01. The van der Waals surface area contributed by atoms with E-state index in [9.17, 15) is 4.79 Å². The van der Waals surface area contributed by atoms with Crippen molar-refractivity contribution in [2.24, 2.45) is 5.92 Å². The van der Waals surface area contributed by atoms with Gasteiger partial charge >= 0.3 is 0 Å². The number of nitriles is 1. The number of hydrogen-bond acceptors (Lipinski definition) is 6. The van der Waals surface area contributed by atoms with Crippen LogP contribution >= 0.6 is 11.8 Å². The molecule has 1 amide bonds. The number of amides is 1. The Bertz CT molecular complexity index is 1010. The average Bonchev–Trinajstić information content (AvgIpc) is 3.48. The molecule has 4 rings (SSSR count). The van der Waals surface area contributed by atoms with Crippen LogP contribution in [0.2, 0.25) is 0 Å². The van der Waals surface area contributed by atoms with Gasteiger partial charge in [0.05, 0.1) is 12.5 Å². The van der Waals surface area contributed by atoms with Crippen LogP contribution in [0.5, 0.6) is 0 Å². The molecule has 28 heavy (non-hydrogen) atoms. The normalized spacial score (nSPS) is 13.4. The Balaban J connectivity index is 1.64. The first-order valence-corrected chi connectivity index (χ1v) is 10.3. The zero-order chi connectivity index (χ0) is 19.3. The van der Waals surface area contributed by atoms with Crippen LogP contribution in [-0.2, 0) is 5.75 Å². The van der Waals surface area contributed by atoms with E-state index in [4.69, 9.17) is 9.68 Å². The van der Waals surface area contributed by atoms with Crippen molar-refractivity contribution < 1.29 is 9.21 Å². The lowest BCUT2D eigenvalue weighted by Gasteiger charge is -2.20. The highest BCUT2D eigenvalue weighted by Gasteiger charge is 2.30. The molecule has 0 radical (unpaired) electrons. The molecule has 0 spiro atoms. The van der Waals surface area contributed by atoms with Crippen molar-refractivity contribution in [2.75, 3.05) is 13.1 Å². The summed E-state index contributed by atoms with van der Waals surface area (Å²) in [5.74, 6) is 1.31. The van der Waals surface area contributed by atoms with E-state index in [1.54, 1.807) is 23.4 Å². The molecule has 3 aromatic rings. The number of carbonyl (C=O) groups excluding carboxylic acids is 1. The first-order valence-electron chi connectivity index (χ1n) is 9.32. The molecule has 142 valence electrons. The maximum atomic E-state index is 13.3. The fourth-order valence-electron chi connectivity index (χ4n) is 3.13. The van der Waals surface area contributed by atoms with E-state index in [1.807, 2.05) is 24.3 Å². The molecule has 0 aliphatic heterocycles. The predicted molar refractivity (Wildman–Crippen MR) is 107 cm³/mol. The highest BCUT2D eigenvalue weighted by Crippen LogP contribution is 2.34. The lowest BCUT2D eigenvalue weighted by atomic mass is 10.1. The van der Waals surface area contributed by atoms with Gasteiger partial charge in [-0.25, -0.2) is 9.97 Å². The Hall–Kier alpha value is -2.85. The Kier molecular flexibility index (Phi) is 5.58. The molecule has 2 heterocycles. The highest BCUT2D eigenvalue weighted by molar-refractivity contribution is 7.98. The van der Waals surface area contributed by atoms with Crippen LogP contribution in [0.25, 0.3) is 11.0 Å². The largest absolute Gasteiger partial charge is 0.451 e. The predicted octanol–water partition coefficient (Wildman–Crippen LogP) is 4.28. The minimum Gasteiger partial charge on any atom is -0.451 e. The Morgan fingerprint density at radius 3 is 2.79 bits per heavy atom. The maximum absolute atomic E-state index is 13.3. The number of hydrogen-bond donors (Lipinski definition) is 0. The number of nitrogens with zero attached hydrogens (tertiary/aromatic N) is 4. The Labute approximate surface area is 167 Å². The molecule has 2 aromatic heterocycles. The smallest absolute Gasteiger partial charge is 0.289 e. The molecular weight excluding hydrogens is 372 g/mol. The van der Waals surface area contributed by atoms with Crippen LogP contribution in [0.3, 0.4) is 0 Å². The van der Waals surface area contributed by atoms with Crippen LogP contribution in [-0.4, -0.2) is 33.9 Å². The number of rotatable bonds is 8. The second kappa shape index (κ2) is 8.44. The van der Waals surface area contributed by atoms with Gasteiger partial charge in [-0.05, 0) is 30.9 Å². The van der Waals surface area contributed by atoms with Crippen molar-refractivity contribution in [2.45, 2.75) is 30.2 Å². The van der Waals surface area contributed by atoms with E-state index < -0.39 is 0 Å². The Morgan fingerprint density at radius 1 is 1.25 bits per heavy atom. The van der Waals surface area contributed by atoms with Crippen molar-refractivity contribution in [3.8, 4) is 6.07 Å². The molecule has 0 saturated heterocycles. The van der Waals surface area contributed by atoms with Crippen LogP contribution < -0.4 is 0 Å². The summed E-state index contributed by atoms with van der Waals surface area (Å²) < 4.78 is 5.98. The molecular formula is C21H20N4O2S. The summed E-state index contributed by atoms with van der Waals surface area (Å²) in [5, 5.41) is 10.6. The van der Waals surface area contributed by atoms with E-state index in [0.29, 0.717) is 47.7 Å². The molecule has 1 saturated carbocycles. The first-order chi connectivity index (χ1) is 13.8. The molecule has 6 nitrogen and oxygen atoms in total. The van der Waals surface area contributed by atoms with E-state index in [1.165, 1.54) is 11.8 Å². The fourth-order valence-corrected chi connectivity index (χ4v) is 3.96. The number of aromatic nitrogens is 2. The summed E-state index contributed by atoms with van der Waals surface area (Å²) in [6.45, 7) is 1.11. The van der Waals surface area contributed by atoms with Crippen LogP contribution in [0.15, 0.2) is 52.3 Å². The lowest BCUT2D eigenvalue weighted by Crippen LogP contribution is -2.34. The molecule has 0 bridgehead atoms. The van der Waals surface area contributed by atoms with Gasteiger partial charge < -0.3 is 9.32 Å². The first kappa shape index (κ1) is 18.5. The molecule has 1 aromatic carbocycles. The van der Waals surface area contributed by atoms with Crippen LogP contribution in [0, 0.1) is 17.2 Å². The van der Waals surface area contributed by atoms with Gasteiger partial charge in [0.2, 0.25) is 0 Å². The van der Waals surface area contributed by atoms with Gasteiger partial charge in [-0.1, -0.05) is 30.0 Å². The van der Waals surface area contributed by atoms with Crippen molar-refractivity contribution >= 4 is 28.6 Å². The second-order valence-corrected chi connectivity index (χ2v) is 7.77. The number of furan rings is 1. The summed E-state index contributed by atoms with van der Waals surface area (Å²) >= 11 is 1.48. The third-order valence-electron chi connectivity index (χ3n) is 4.74. The van der Waals surface area contributed by atoms with E-state index in [-0.39, 0.29) is 5.91 Å². The summed E-state index contributed by atoms with van der Waals surface area (Å²) in [5.41, 5.74) is 1.55. The van der Waals surface area contributed by atoms with Crippen molar-refractivity contribution in [1.82, 2.24) is 14.9 Å². The fraction of sp³-hybridized carbons (Fsp3) is 0.333.